The molecular weight excluding hydrogens is 1250 g/mol. The zero-order chi connectivity index (χ0) is 73.7. The number of rotatable bonds is 4. The van der Waals surface area contributed by atoms with E-state index in [1.54, 1.807) is 0 Å². The molecule has 13 saturated heterocycles. The molecule has 1 radical (unpaired) electrons. The van der Waals surface area contributed by atoms with Gasteiger partial charge in [0.25, 0.3) is 0 Å². The first-order chi connectivity index (χ1) is 43.4. The maximum Gasteiger partial charge on any atom is 0.0888 e. The number of hydrogen-bond donors (Lipinski definition) is 1. The molecule has 1 saturated carbocycles. The van der Waals surface area contributed by atoms with Gasteiger partial charge in [-0.2, -0.15) is 0 Å². The summed E-state index contributed by atoms with van der Waals surface area (Å²) in [7, 11) is 15.5. The molecule has 9 heteroatoms. The molecule has 14 rings (SSSR count). The molecule has 0 aromatic rings. The summed E-state index contributed by atoms with van der Waals surface area (Å²) in [6.07, 6.45) is 21.3. The van der Waals surface area contributed by atoms with Gasteiger partial charge in [0.2, 0.25) is 0 Å². The summed E-state index contributed by atoms with van der Waals surface area (Å²) < 4.78 is 1.36. The van der Waals surface area contributed by atoms with E-state index < -0.39 is 0 Å². The van der Waals surface area contributed by atoms with Crippen LogP contribution in [0.1, 0.15) is 347 Å². The Morgan fingerprint density at radius 2 is 0.927 bits per heavy atom. The summed E-state index contributed by atoms with van der Waals surface area (Å²) in [4.78, 5) is 15.2. The van der Waals surface area contributed by atoms with Gasteiger partial charge < -0.3 is 34.3 Å². The van der Waals surface area contributed by atoms with Crippen molar-refractivity contribution >= 4 is 0 Å². The van der Waals surface area contributed by atoms with Crippen molar-refractivity contribution in [3.8, 4) is 0 Å². The molecule has 0 aromatic heterocycles. The van der Waals surface area contributed by atoms with E-state index in [-0.39, 0.29) is 47.6 Å². The number of fused-ring (bicyclic) bond motifs is 13. The van der Waals surface area contributed by atoms with Crippen LogP contribution >= 0.6 is 0 Å². The molecule has 14 aliphatic rings. The Labute approximate surface area is 639 Å². The number of quaternary nitrogens is 1. The normalized spacial score (nSPS) is 34.5. The Morgan fingerprint density at radius 1 is 0.500 bits per heavy atom. The smallest absolute Gasteiger partial charge is 0.0888 e. The molecule has 1 aliphatic carbocycles. The number of hydrogen-bond acceptors (Lipinski definition) is 7. The average molecular weight is 1440 g/mol. The first-order valence-corrected chi connectivity index (χ1v) is 41.2. The average Bonchev–Trinajstić information content (AvgIpc) is 1.47. The summed E-state index contributed by atoms with van der Waals surface area (Å²) >= 11 is 0. The quantitative estimate of drug-likeness (QED) is 0.281. The summed E-state index contributed by atoms with van der Waals surface area (Å²) in [5.74, 6) is 11.4. The molecule has 11 unspecified atom stereocenters. The monoisotopic (exact) mass is 1440 g/mol. The van der Waals surface area contributed by atoms with Gasteiger partial charge in [0.1, 0.15) is 0 Å². The first-order valence-electron chi connectivity index (χ1n) is 41.2. The molecule has 96 heavy (non-hydrogen) atoms. The second-order valence-electron chi connectivity index (χ2n) is 33.1. The first kappa shape index (κ1) is 110. The van der Waals surface area contributed by atoms with Gasteiger partial charge in [0.15, 0.2) is 0 Å². The van der Waals surface area contributed by atoms with E-state index in [4.69, 9.17) is 0 Å². The van der Waals surface area contributed by atoms with E-state index in [0.717, 1.165) is 95.3 Å². The Bertz CT molecular complexity index is 1640. The van der Waals surface area contributed by atoms with E-state index in [1.807, 2.05) is 90.1 Å². The summed E-state index contributed by atoms with van der Waals surface area (Å²) in [5.41, 5.74) is 1.49. The van der Waals surface area contributed by atoms with E-state index in [1.165, 1.54) is 153 Å². The van der Waals surface area contributed by atoms with Crippen molar-refractivity contribution in [1.82, 2.24) is 34.7 Å². The largest absolute Gasteiger partial charge is 0.324 e. The van der Waals surface area contributed by atoms with Crippen molar-refractivity contribution in [3.05, 3.63) is 0 Å². The molecule has 1 N–H and O–H groups in total. The second-order valence-corrected chi connectivity index (χ2v) is 33.1. The van der Waals surface area contributed by atoms with Crippen molar-refractivity contribution in [2.45, 2.75) is 399 Å². The van der Waals surface area contributed by atoms with E-state index in [0.29, 0.717) is 28.1 Å². The van der Waals surface area contributed by atoms with Gasteiger partial charge in [-0.1, -0.05) is 174 Å². The van der Waals surface area contributed by atoms with Gasteiger partial charge in [-0.25, -0.2) is 0 Å². The van der Waals surface area contributed by atoms with Crippen molar-refractivity contribution in [1.29, 1.82) is 0 Å². The minimum Gasteiger partial charge on any atom is -0.324 e. The maximum atomic E-state index is 3.19. The van der Waals surface area contributed by atoms with E-state index in [2.05, 4.69) is 229 Å². The molecule has 15 atom stereocenters. The third-order valence-corrected chi connectivity index (χ3v) is 27.4. The molecule has 8 bridgehead atoms. The summed E-state index contributed by atoms with van der Waals surface area (Å²) in [5, 5.41) is 3.19. The fraction of sp³-hybridized carbons (Fsp3) is 1.00. The zero-order valence-corrected chi connectivity index (χ0v) is 76.1. The second kappa shape index (κ2) is 56.2. The Morgan fingerprint density at radius 3 is 1.25 bits per heavy atom. The maximum absolute atomic E-state index is 3.19. The van der Waals surface area contributed by atoms with Crippen molar-refractivity contribution in [2.75, 3.05) is 102 Å². The fourth-order valence-electron chi connectivity index (χ4n) is 15.7. The van der Waals surface area contributed by atoms with Crippen LogP contribution in [0.2, 0.25) is 0 Å². The van der Waals surface area contributed by atoms with Crippen LogP contribution in [0.4, 0.5) is 0 Å². The van der Waals surface area contributed by atoms with Crippen molar-refractivity contribution < 1.29 is 37.2 Å². The molecular formula is C87H195N8Y+. The van der Waals surface area contributed by atoms with Crippen LogP contribution in [0.25, 0.3) is 0 Å². The Balaban J connectivity index is -0.000000184. The Hall–Kier alpha value is 0.784. The number of piperidine rings is 8. The molecule has 0 spiro atoms. The molecule has 13 aliphatic heterocycles. The minimum absolute atomic E-state index is 0. The SMILES string of the molecule is C.C.CC.CC.CC.CC.CC.CC.CC(C)C(C)(C)N(C)C.CC1C2CC1N(C)C(C)(C)C(C)C2.CC1C2CCN(CC2)C1C.CC1CCCCN(C)C1(C)C.CC1CCN(C)C(C)C1.CCC(C)(C)NC.C[C@H]1C2CCCN(CC2)[C@H]1C.C[C@H]1C2CC[N+](C)(CC2)[C@H]1C.[Y]. The Kier molecular flexibility index (Phi) is 64.4. The molecule has 0 amide bonds. The summed E-state index contributed by atoms with van der Waals surface area (Å²) in [6, 6.07) is 4.32. The van der Waals surface area contributed by atoms with Crippen LogP contribution in [0.5, 0.6) is 0 Å². The molecule has 13 heterocycles. The number of nitrogens with zero attached hydrogens (tertiary/aromatic N) is 7. The van der Waals surface area contributed by atoms with Gasteiger partial charge in [0, 0.05) is 97.8 Å². The van der Waals surface area contributed by atoms with Gasteiger partial charge in [-0.05, 0) is 307 Å². The van der Waals surface area contributed by atoms with Crippen molar-refractivity contribution in [3.63, 3.8) is 0 Å². The third kappa shape index (κ3) is 35.3. The minimum atomic E-state index is 0. The van der Waals surface area contributed by atoms with Crippen LogP contribution in [0.3, 0.4) is 0 Å². The van der Waals surface area contributed by atoms with Gasteiger partial charge >= 0.3 is 0 Å². The number of nitrogens with one attached hydrogen (secondary N) is 1. The predicted molar refractivity (Wildman–Crippen MR) is 442 cm³/mol. The molecule has 14 fully saturated rings. The van der Waals surface area contributed by atoms with Crippen LogP contribution in [-0.2, 0) is 32.7 Å². The van der Waals surface area contributed by atoms with Gasteiger partial charge in [-0.3, -0.25) is 4.90 Å². The van der Waals surface area contributed by atoms with E-state index in [9.17, 15) is 0 Å². The van der Waals surface area contributed by atoms with E-state index >= 15 is 0 Å². The topological polar surface area (TPSA) is 31.5 Å². The molecule has 585 valence electrons. The van der Waals surface area contributed by atoms with Crippen LogP contribution in [-0.4, -0.2) is 188 Å². The fourth-order valence-corrected chi connectivity index (χ4v) is 15.7. The van der Waals surface area contributed by atoms with Gasteiger partial charge in [-0.15, -0.1) is 0 Å². The predicted octanol–water partition coefficient (Wildman–Crippen LogP) is 23.6. The summed E-state index contributed by atoms with van der Waals surface area (Å²) in [6.45, 7) is 86.5. The standard InChI is InChI=1S/C12H23N.C10H20N.C10H19N.C10H21N.C9H17N.C8H17N.C8H19N.C6H15N.6C2H6.2CH4.Y/c1-8-6-10-7-11(9(10)2)13(5)12(8,3)4;1-8-9(2)11(3)6-4-10(8)5-7-11;1-8-9(2)11-6-3-4-10(8)5-7-11;1-9-7-5-6-8-11(4)10(9,2)3;1-7-8(2)10-5-3-9(7)4-6-10;1-7-4-5-9(3)8(2)6-7;1-7(2)8(3,4)9(5)6;1-5-6(2,3)7-4;6*1-2;;;/h8-11H,6-7H2,1-5H3;8-10H,4-7H2,1-3H3;8-10H,3-7H2,1-2H3;9H,5-8H2,1-4H3;7-9H,3-6H2,1-2H3;7-8H,4-6H2,1-3H3;7H,1-6H3;7H,5H2,1-4H3;6*1-2H3;2*1H4;/q;+1;;;;;;;;;;;;;;;/t;8-,9+,10?,11?;8-,9+,10?;;;;;;;;;;;;;;/m.11............../s1. The molecule has 8 nitrogen and oxygen atoms in total. The number of likely N-dealkylation sites (tertiary alicyclic amines) is 2. The van der Waals surface area contributed by atoms with Crippen LogP contribution in [0.15, 0.2) is 0 Å². The molecule has 0 aromatic carbocycles. The van der Waals surface area contributed by atoms with Crippen molar-refractivity contribution in [2.24, 2.45) is 71.0 Å². The van der Waals surface area contributed by atoms with Crippen LogP contribution < -0.4 is 5.32 Å². The zero-order valence-electron chi connectivity index (χ0n) is 73.3. The third-order valence-electron chi connectivity index (χ3n) is 27.4. The van der Waals surface area contributed by atoms with Gasteiger partial charge in [0.05, 0.1) is 26.2 Å². The van der Waals surface area contributed by atoms with Crippen LogP contribution in [0, 0.1) is 71.0 Å².